The third kappa shape index (κ3) is 3.61. The van der Waals surface area contributed by atoms with Crippen LogP contribution >= 0.6 is 11.3 Å². The average Bonchev–Trinajstić information content (AvgIpc) is 3.04. The number of amides is 1. The number of rotatable bonds is 5. The minimum Gasteiger partial charge on any atom is -0.493 e. The van der Waals surface area contributed by atoms with Gasteiger partial charge in [-0.3, -0.25) is 9.78 Å². The molecule has 128 valence electrons. The number of methoxy groups -OCH3 is 2. The summed E-state index contributed by atoms with van der Waals surface area (Å²) in [5.41, 5.74) is 2.04. The average molecular weight is 355 g/mol. The molecule has 0 saturated carbocycles. The number of nitrogens with one attached hydrogen (secondary N) is 1. The Kier molecular flexibility index (Phi) is 4.95. The summed E-state index contributed by atoms with van der Waals surface area (Å²) in [6, 6.07) is 10.8. The minimum atomic E-state index is -0.218. The summed E-state index contributed by atoms with van der Waals surface area (Å²) in [6.45, 7) is 1.81. The van der Waals surface area contributed by atoms with E-state index >= 15 is 0 Å². The fourth-order valence-corrected chi connectivity index (χ4v) is 3.25. The van der Waals surface area contributed by atoms with Crippen LogP contribution < -0.4 is 14.8 Å². The summed E-state index contributed by atoms with van der Waals surface area (Å²) in [5, 5.41) is 3.58. The second-order valence-electron chi connectivity index (χ2n) is 5.17. The fraction of sp³-hybridized carbons (Fsp3) is 0.167. The van der Waals surface area contributed by atoms with Crippen LogP contribution in [0.15, 0.2) is 42.6 Å². The molecular weight excluding hydrogens is 338 g/mol. The molecule has 0 fully saturated rings. The molecule has 0 unspecified atom stereocenters. The van der Waals surface area contributed by atoms with Crippen molar-refractivity contribution in [3.63, 3.8) is 0 Å². The van der Waals surface area contributed by atoms with Gasteiger partial charge in [-0.1, -0.05) is 6.07 Å². The predicted molar refractivity (Wildman–Crippen MR) is 97.6 cm³/mol. The number of aromatic nitrogens is 2. The van der Waals surface area contributed by atoms with Crippen LogP contribution in [0.5, 0.6) is 11.5 Å². The molecule has 0 aliphatic rings. The Balaban J connectivity index is 1.83. The van der Waals surface area contributed by atoms with Gasteiger partial charge in [0.2, 0.25) is 0 Å². The van der Waals surface area contributed by atoms with E-state index in [1.54, 1.807) is 38.6 Å². The number of aryl methyl sites for hydroxylation is 1. The maximum absolute atomic E-state index is 12.6. The van der Waals surface area contributed by atoms with Crippen LogP contribution in [0.4, 0.5) is 5.69 Å². The lowest BCUT2D eigenvalue weighted by Gasteiger charge is -2.10. The lowest BCUT2D eigenvalue weighted by molar-refractivity contribution is 0.103. The van der Waals surface area contributed by atoms with Crippen molar-refractivity contribution in [2.24, 2.45) is 0 Å². The predicted octanol–water partition coefficient (Wildman–Crippen LogP) is 3.78. The van der Waals surface area contributed by atoms with Gasteiger partial charge in [0.1, 0.15) is 9.88 Å². The highest BCUT2D eigenvalue weighted by atomic mass is 32.1. The highest BCUT2D eigenvalue weighted by molar-refractivity contribution is 7.17. The van der Waals surface area contributed by atoms with Gasteiger partial charge in [0.25, 0.3) is 5.91 Å². The van der Waals surface area contributed by atoms with Crippen molar-refractivity contribution in [1.29, 1.82) is 0 Å². The summed E-state index contributed by atoms with van der Waals surface area (Å²) < 4.78 is 10.5. The molecule has 0 atom stereocenters. The van der Waals surface area contributed by atoms with Gasteiger partial charge < -0.3 is 14.8 Å². The minimum absolute atomic E-state index is 0.218. The summed E-state index contributed by atoms with van der Waals surface area (Å²) in [6.07, 6.45) is 1.70. The summed E-state index contributed by atoms with van der Waals surface area (Å²) >= 11 is 1.32. The molecule has 3 aromatic rings. The molecule has 0 spiro atoms. The number of anilines is 1. The fourth-order valence-electron chi connectivity index (χ4n) is 2.31. The van der Waals surface area contributed by atoms with Gasteiger partial charge in [-0.25, -0.2) is 4.98 Å². The van der Waals surface area contributed by atoms with Gasteiger partial charge in [0.15, 0.2) is 11.5 Å². The Labute approximate surface area is 149 Å². The van der Waals surface area contributed by atoms with Gasteiger partial charge in [-0.15, -0.1) is 11.3 Å². The Morgan fingerprint density at radius 3 is 2.60 bits per heavy atom. The summed E-state index contributed by atoms with van der Waals surface area (Å²) in [7, 11) is 3.12. The first-order valence-corrected chi connectivity index (χ1v) is 8.36. The highest BCUT2D eigenvalue weighted by Crippen LogP contribution is 2.31. The molecule has 0 radical (unpaired) electrons. The first-order valence-electron chi connectivity index (χ1n) is 7.54. The Morgan fingerprint density at radius 1 is 1.12 bits per heavy atom. The molecule has 6 nitrogen and oxygen atoms in total. The number of hydrogen-bond donors (Lipinski definition) is 1. The molecule has 0 aliphatic heterocycles. The molecule has 0 aliphatic carbocycles. The third-order valence-corrected chi connectivity index (χ3v) is 4.71. The van der Waals surface area contributed by atoms with Crippen LogP contribution in [0.2, 0.25) is 0 Å². The lowest BCUT2D eigenvalue weighted by atomic mass is 10.2. The maximum atomic E-state index is 12.6. The molecule has 2 heterocycles. The van der Waals surface area contributed by atoms with E-state index in [1.165, 1.54) is 11.3 Å². The number of ether oxygens (including phenoxy) is 2. The first-order chi connectivity index (χ1) is 12.1. The maximum Gasteiger partial charge on any atom is 0.267 e. The van der Waals surface area contributed by atoms with E-state index in [4.69, 9.17) is 9.47 Å². The Morgan fingerprint density at radius 2 is 1.92 bits per heavy atom. The van der Waals surface area contributed by atoms with Crippen molar-refractivity contribution in [1.82, 2.24) is 9.97 Å². The largest absolute Gasteiger partial charge is 0.493 e. The van der Waals surface area contributed by atoms with E-state index in [0.29, 0.717) is 27.8 Å². The van der Waals surface area contributed by atoms with Crippen LogP contribution in [0.25, 0.3) is 10.7 Å². The zero-order chi connectivity index (χ0) is 17.8. The quantitative estimate of drug-likeness (QED) is 0.754. The number of pyridine rings is 1. The first kappa shape index (κ1) is 16.9. The Hall–Kier alpha value is -2.93. The van der Waals surface area contributed by atoms with Crippen LogP contribution in [0.3, 0.4) is 0 Å². The normalized spacial score (nSPS) is 10.4. The molecule has 2 aromatic heterocycles. The van der Waals surface area contributed by atoms with Crippen molar-refractivity contribution in [3.05, 3.63) is 53.2 Å². The van der Waals surface area contributed by atoms with E-state index in [1.807, 2.05) is 25.1 Å². The van der Waals surface area contributed by atoms with E-state index in [0.717, 1.165) is 10.7 Å². The van der Waals surface area contributed by atoms with Gasteiger partial charge in [0.05, 0.1) is 25.6 Å². The monoisotopic (exact) mass is 355 g/mol. The highest BCUT2D eigenvalue weighted by Gasteiger charge is 2.17. The van der Waals surface area contributed by atoms with Crippen molar-refractivity contribution in [2.75, 3.05) is 19.5 Å². The van der Waals surface area contributed by atoms with Crippen LogP contribution in [0, 0.1) is 6.92 Å². The second kappa shape index (κ2) is 7.31. The van der Waals surface area contributed by atoms with E-state index in [9.17, 15) is 4.79 Å². The lowest BCUT2D eigenvalue weighted by Crippen LogP contribution is -2.11. The molecular formula is C18H17N3O3S. The SMILES string of the molecule is COc1ccc(NC(=O)c2sc(-c3ccccn3)nc2C)cc1OC. The molecule has 0 saturated heterocycles. The van der Waals surface area contributed by atoms with Crippen molar-refractivity contribution < 1.29 is 14.3 Å². The number of thiazole rings is 1. The number of carbonyl (C=O) groups is 1. The molecule has 1 amide bonds. The molecule has 7 heteroatoms. The van der Waals surface area contributed by atoms with Crippen molar-refractivity contribution >= 4 is 22.9 Å². The van der Waals surface area contributed by atoms with E-state index in [2.05, 4.69) is 15.3 Å². The molecule has 1 aromatic carbocycles. The standard InChI is InChI=1S/C18H17N3O3S/c1-11-16(25-18(20-11)13-6-4-5-9-19-13)17(22)21-12-7-8-14(23-2)15(10-12)24-3/h4-10H,1-3H3,(H,21,22). The van der Waals surface area contributed by atoms with Gasteiger partial charge >= 0.3 is 0 Å². The molecule has 25 heavy (non-hydrogen) atoms. The number of benzene rings is 1. The van der Waals surface area contributed by atoms with Gasteiger partial charge in [-0.2, -0.15) is 0 Å². The summed E-state index contributed by atoms with van der Waals surface area (Å²) in [5.74, 6) is 0.937. The van der Waals surface area contributed by atoms with E-state index < -0.39 is 0 Å². The van der Waals surface area contributed by atoms with Gasteiger partial charge in [-0.05, 0) is 31.2 Å². The number of hydrogen-bond acceptors (Lipinski definition) is 6. The van der Waals surface area contributed by atoms with Crippen LogP contribution in [0.1, 0.15) is 15.4 Å². The second-order valence-corrected chi connectivity index (χ2v) is 6.17. The smallest absolute Gasteiger partial charge is 0.267 e. The van der Waals surface area contributed by atoms with Gasteiger partial charge in [0, 0.05) is 18.0 Å². The molecule has 3 rings (SSSR count). The topological polar surface area (TPSA) is 73.3 Å². The van der Waals surface area contributed by atoms with Crippen LogP contribution in [-0.2, 0) is 0 Å². The van der Waals surface area contributed by atoms with E-state index in [-0.39, 0.29) is 5.91 Å². The number of nitrogens with zero attached hydrogens (tertiary/aromatic N) is 2. The van der Waals surface area contributed by atoms with Crippen molar-refractivity contribution in [2.45, 2.75) is 6.92 Å². The van der Waals surface area contributed by atoms with Crippen molar-refractivity contribution in [3.8, 4) is 22.2 Å². The van der Waals surface area contributed by atoms with Crippen LogP contribution in [-0.4, -0.2) is 30.1 Å². The summed E-state index contributed by atoms with van der Waals surface area (Å²) in [4.78, 5) is 21.9. The molecule has 0 bridgehead atoms. The Bertz CT molecular complexity index is 894. The zero-order valence-electron chi connectivity index (χ0n) is 14.1. The third-order valence-electron chi connectivity index (χ3n) is 3.53. The molecule has 1 N–H and O–H groups in total. The number of carbonyl (C=O) groups excluding carboxylic acids is 1. The zero-order valence-corrected chi connectivity index (χ0v) is 14.9.